The number of rotatable bonds is 5. The van der Waals surface area contributed by atoms with Crippen LogP contribution in [-0.2, 0) is 4.79 Å². The first-order valence-electron chi connectivity index (χ1n) is 11.5. The molecule has 0 bridgehead atoms. The topological polar surface area (TPSA) is 84.5 Å². The lowest BCUT2D eigenvalue weighted by atomic mass is 10.1. The minimum Gasteiger partial charge on any atom is -0.368 e. The fourth-order valence-corrected chi connectivity index (χ4v) is 5.11. The summed E-state index contributed by atoms with van der Waals surface area (Å²) >= 11 is 0. The number of hydrogen-bond donors (Lipinski definition) is 0. The van der Waals surface area contributed by atoms with Crippen molar-refractivity contribution in [1.82, 2.24) is 14.7 Å². The molecule has 8 nitrogen and oxygen atoms in total. The fraction of sp³-hybridized carbons (Fsp3) is 0.520. The number of benzene rings is 1. The summed E-state index contributed by atoms with van der Waals surface area (Å²) in [6.45, 7) is 15.0. The van der Waals surface area contributed by atoms with Crippen molar-refractivity contribution in [2.24, 2.45) is 17.3 Å². The third kappa shape index (κ3) is 4.26. The van der Waals surface area contributed by atoms with Crippen LogP contribution in [-0.4, -0.2) is 51.7 Å². The SMILES string of the molecule is CC(C)=CC1C(C(=O)N2CCN(c3ccc([N+](=O)[O-])c(-n4nc(C)cc4C)c3)CC2)C1(C)C. The zero-order chi connectivity index (χ0) is 24.1. The second-order valence-electron chi connectivity index (χ2n) is 10.2. The molecule has 2 unspecified atom stereocenters. The van der Waals surface area contributed by atoms with Gasteiger partial charge in [-0.15, -0.1) is 0 Å². The molecule has 0 radical (unpaired) electrons. The number of amides is 1. The molecule has 1 saturated heterocycles. The van der Waals surface area contributed by atoms with Crippen LogP contribution in [0.4, 0.5) is 11.4 Å². The van der Waals surface area contributed by atoms with Crippen LogP contribution in [0.2, 0.25) is 0 Å². The number of hydrogen-bond acceptors (Lipinski definition) is 5. The van der Waals surface area contributed by atoms with Crippen molar-refractivity contribution in [2.45, 2.75) is 41.5 Å². The number of aryl methyl sites for hydroxylation is 2. The number of anilines is 1. The molecule has 2 atom stereocenters. The number of nitrogens with zero attached hydrogens (tertiary/aromatic N) is 5. The Morgan fingerprint density at radius 1 is 1.15 bits per heavy atom. The first kappa shape index (κ1) is 23.0. The predicted molar refractivity (Wildman–Crippen MR) is 129 cm³/mol. The molecule has 4 rings (SSSR count). The van der Waals surface area contributed by atoms with E-state index in [1.54, 1.807) is 16.8 Å². The van der Waals surface area contributed by atoms with E-state index in [1.807, 2.05) is 30.9 Å². The Labute approximate surface area is 195 Å². The largest absolute Gasteiger partial charge is 0.368 e. The van der Waals surface area contributed by atoms with E-state index in [-0.39, 0.29) is 27.9 Å². The van der Waals surface area contributed by atoms with Gasteiger partial charge in [-0.2, -0.15) is 5.10 Å². The Hall–Kier alpha value is -3.16. The number of allylic oxidation sites excluding steroid dienone is 2. The van der Waals surface area contributed by atoms with Crippen LogP contribution in [0.25, 0.3) is 5.69 Å². The lowest BCUT2D eigenvalue weighted by Gasteiger charge is -2.36. The number of carbonyl (C=O) groups excluding carboxylic acids is 1. The van der Waals surface area contributed by atoms with Gasteiger partial charge in [0.15, 0.2) is 0 Å². The molecule has 33 heavy (non-hydrogen) atoms. The highest BCUT2D eigenvalue weighted by Gasteiger charge is 2.61. The molecule has 2 heterocycles. The molecule has 2 aliphatic rings. The van der Waals surface area contributed by atoms with E-state index in [2.05, 4.69) is 43.8 Å². The summed E-state index contributed by atoms with van der Waals surface area (Å²) in [4.78, 5) is 28.6. The van der Waals surface area contributed by atoms with E-state index in [1.165, 1.54) is 5.57 Å². The first-order chi connectivity index (χ1) is 15.5. The number of nitro groups is 1. The summed E-state index contributed by atoms with van der Waals surface area (Å²) in [5.41, 5.74) is 4.33. The van der Waals surface area contributed by atoms with E-state index in [0.29, 0.717) is 37.8 Å². The van der Waals surface area contributed by atoms with Gasteiger partial charge in [0, 0.05) is 43.6 Å². The van der Waals surface area contributed by atoms with Gasteiger partial charge < -0.3 is 9.80 Å². The fourth-order valence-electron chi connectivity index (χ4n) is 5.11. The highest BCUT2D eigenvalue weighted by Crippen LogP contribution is 2.60. The molecule has 1 aliphatic heterocycles. The Morgan fingerprint density at radius 2 is 1.82 bits per heavy atom. The molecular formula is C25H33N5O3. The number of piperazine rings is 1. The van der Waals surface area contributed by atoms with E-state index in [0.717, 1.165) is 17.1 Å². The average Bonchev–Trinajstić information content (AvgIpc) is 3.10. The van der Waals surface area contributed by atoms with Crippen molar-refractivity contribution < 1.29 is 9.72 Å². The molecule has 0 spiro atoms. The molecule has 1 aromatic carbocycles. The maximum Gasteiger partial charge on any atom is 0.295 e. The van der Waals surface area contributed by atoms with Crippen LogP contribution in [0.3, 0.4) is 0 Å². The van der Waals surface area contributed by atoms with E-state index < -0.39 is 0 Å². The highest BCUT2D eigenvalue weighted by atomic mass is 16.6. The third-order valence-corrected chi connectivity index (χ3v) is 7.04. The number of aromatic nitrogens is 2. The van der Waals surface area contributed by atoms with Gasteiger partial charge in [0.1, 0.15) is 5.69 Å². The van der Waals surface area contributed by atoms with Crippen LogP contribution in [0.5, 0.6) is 0 Å². The molecule has 0 N–H and O–H groups in total. The van der Waals surface area contributed by atoms with Crippen molar-refractivity contribution in [1.29, 1.82) is 0 Å². The Kier molecular flexibility index (Phi) is 5.80. The summed E-state index contributed by atoms with van der Waals surface area (Å²) in [5.74, 6) is 0.608. The van der Waals surface area contributed by atoms with Gasteiger partial charge in [0.2, 0.25) is 5.91 Å². The molecule has 1 aromatic heterocycles. The standard InChI is InChI=1S/C25H33N5O3/c1-16(2)13-20-23(25(20,5)6)24(31)28-11-9-27(10-12-28)19-7-8-21(30(32)33)22(15-19)29-18(4)14-17(3)26-29/h7-8,13-15,20,23H,9-12H2,1-6H3. The summed E-state index contributed by atoms with van der Waals surface area (Å²) < 4.78 is 1.63. The summed E-state index contributed by atoms with van der Waals surface area (Å²) in [6, 6.07) is 7.08. The Morgan fingerprint density at radius 3 is 2.36 bits per heavy atom. The number of carbonyl (C=O) groups is 1. The van der Waals surface area contributed by atoms with Crippen molar-refractivity contribution in [3.8, 4) is 5.69 Å². The smallest absolute Gasteiger partial charge is 0.295 e. The molecule has 1 aliphatic carbocycles. The molecule has 2 fully saturated rings. The first-order valence-corrected chi connectivity index (χ1v) is 11.5. The second kappa shape index (κ2) is 8.32. The Balaban J connectivity index is 1.50. The van der Waals surface area contributed by atoms with Gasteiger partial charge in [-0.05, 0) is 57.2 Å². The summed E-state index contributed by atoms with van der Waals surface area (Å²) in [5, 5.41) is 16.1. The average molecular weight is 452 g/mol. The maximum absolute atomic E-state index is 13.2. The minimum absolute atomic E-state index is 0.0124. The van der Waals surface area contributed by atoms with Gasteiger partial charge in [0.25, 0.3) is 5.69 Å². The molecule has 1 amide bonds. The molecule has 8 heteroatoms. The van der Waals surface area contributed by atoms with Gasteiger partial charge in [-0.3, -0.25) is 14.9 Å². The van der Waals surface area contributed by atoms with Crippen molar-refractivity contribution in [2.75, 3.05) is 31.1 Å². The molecule has 2 aromatic rings. The molecular weight excluding hydrogens is 418 g/mol. The minimum atomic E-state index is -0.369. The lowest BCUT2D eigenvalue weighted by molar-refractivity contribution is -0.384. The monoisotopic (exact) mass is 451 g/mol. The highest BCUT2D eigenvalue weighted by molar-refractivity contribution is 5.84. The van der Waals surface area contributed by atoms with Crippen LogP contribution in [0.15, 0.2) is 35.9 Å². The van der Waals surface area contributed by atoms with Gasteiger partial charge in [-0.25, -0.2) is 4.68 Å². The summed E-state index contributed by atoms with van der Waals surface area (Å²) in [6.07, 6.45) is 2.23. The lowest BCUT2D eigenvalue weighted by Crippen LogP contribution is -2.49. The van der Waals surface area contributed by atoms with Gasteiger partial charge in [0.05, 0.1) is 16.5 Å². The zero-order valence-corrected chi connectivity index (χ0v) is 20.3. The number of nitro benzene ring substituents is 1. The van der Waals surface area contributed by atoms with Crippen molar-refractivity contribution in [3.05, 3.63) is 57.4 Å². The maximum atomic E-state index is 13.2. The summed E-state index contributed by atoms with van der Waals surface area (Å²) in [7, 11) is 0. The van der Waals surface area contributed by atoms with E-state index in [9.17, 15) is 14.9 Å². The predicted octanol–water partition coefficient (Wildman–Crippen LogP) is 4.28. The third-order valence-electron chi connectivity index (χ3n) is 7.04. The van der Waals surface area contributed by atoms with Crippen molar-refractivity contribution >= 4 is 17.3 Å². The quantitative estimate of drug-likeness (QED) is 0.385. The van der Waals surface area contributed by atoms with Crippen LogP contribution >= 0.6 is 0 Å². The van der Waals surface area contributed by atoms with Crippen molar-refractivity contribution in [3.63, 3.8) is 0 Å². The van der Waals surface area contributed by atoms with Crippen LogP contribution in [0, 0.1) is 41.2 Å². The van der Waals surface area contributed by atoms with Gasteiger partial charge in [-0.1, -0.05) is 25.5 Å². The van der Waals surface area contributed by atoms with E-state index in [4.69, 9.17) is 0 Å². The van der Waals surface area contributed by atoms with Crippen LogP contribution in [0.1, 0.15) is 39.1 Å². The van der Waals surface area contributed by atoms with Crippen LogP contribution < -0.4 is 4.90 Å². The second-order valence-corrected chi connectivity index (χ2v) is 10.2. The van der Waals surface area contributed by atoms with E-state index >= 15 is 0 Å². The molecule has 1 saturated carbocycles. The van der Waals surface area contributed by atoms with Gasteiger partial charge >= 0.3 is 0 Å². The zero-order valence-electron chi connectivity index (χ0n) is 20.3. The molecule has 176 valence electrons. The Bertz CT molecular complexity index is 1120. The normalized spacial score (nSPS) is 21.6.